The quantitative estimate of drug-likeness (QED) is 0.613. The molecule has 0 aliphatic carbocycles. The number of carbonyl (C=O) groups is 2. The highest BCUT2D eigenvalue weighted by Gasteiger charge is 2.60. The second-order valence-electron chi connectivity index (χ2n) is 7.69. The summed E-state index contributed by atoms with van der Waals surface area (Å²) < 4.78 is 0. The molecule has 2 aliphatic rings. The van der Waals surface area contributed by atoms with E-state index in [1.54, 1.807) is 29.3 Å². The highest BCUT2D eigenvalue weighted by molar-refractivity contribution is 6.23. The number of aryl methyl sites for hydroxylation is 1. The number of rotatable bonds is 3. The molecule has 3 aromatic rings. The van der Waals surface area contributed by atoms with Crippen molar-refractivity contribution in [2.75, 3.05) is 9.96 Å². The first-order valence-electron chi connectivity index (χ1n) is 10.0. The molecule has 2 aliphatic heterocycles. The Balaban J connectivity index is 1.59. The molecule has 2 amide bonds. The summed E-state index contributed by atoms with van der Waals surface area (Å²) in [6.07, 6.45) is -0.909. The van der Waals surface area contributed by atoms with Crippen LogP contribution in [0.25, 0.3) is 0 Å². The van der Waals surface area contributed by atoms with E-state index in [4.69, 9.17) is 10.1 Å². The largest absolute Gasteiger partial charge is 0.273 e. The Labute approximate surface area is 179 Å². The van der Waals surface area contributed by atoms with E-state index in [0.29, 0.717) is 11.3 Å². The van der Waals surface area contributed by atoms with E-state index in [9.17, 15) is 9.59 Å². The predicted octanol–water partition coefficient (Wildman–Crippen LogP) is 3.92. The van der Waals surface area contributed by atoms with Gasteiger partial charge in [0.25, 0.3) is 5.91 Å². The van der Waals surface area contributed by atoms with Crippen LogP contribution in [-0.4, -0.2) is 17.9 Å². The van der Waals surface area contributed by atoms with Gasteiger partial charge in [0.2, 0.25) is 5.91 Å². The Morgan fingerprint density at radius 3 is 2.19 bits per heavy atom. The molecule has 3 aromatic carbocycles. The number of anilines is 2. The Kier molecular flexibility index (Phi) is 4.54. The highest BCUT2D eigenvalue weighted by Crippen LogP contribution is 2.48. The van der Waals surface area contributed by atoms with E-state index < -0.39 is 24.0 Å². The summed E-state index contributed by atoms with van der Waals surface area (Å²) in [5.74, 6) is -1.37. The molecule has 0 radical (unpaired) electrons. The van der Waals surface area contributed by atoms with Crippen LogP contribution in [0.15, 0.2) is 78.9 Å². The minimum Gasteiger partial charge on any atom is -0.273 e. The van der Waals surface area contributed by atoms with Gasteiger partial charge in [0.05, 0.1) is 29.0 Å². The zero-order valence-electron chi connectivity index (χ0n) is 16.8. The average molecular weight is 409 g/mol. The molecule has 0 N–H and O–H groups in total. The van der Waals surface area contributed by atoms with Gasteiger partial charge in [-0.1, -0.05) is 42.5 Å². The van der Waals surface area contributed by atoms with Crippen molar-refractivity contribution in [3.63, 3.8) is 0 Å². The molecular formula is C25H19N3O3. The van der Waals surface area contributed by atoms with Crippen LogP contribution in [0.4, 0.5) is 11.4 Å². The monoisotopic (exact) mass is 409 g/mol. The van der Waals surface area contributed by atoms with E-state index in [-0.39, 0.29) is 5.91 Å². The SMILES string of the molecule is Cc1ccccc1[C@@H]1[C@@H]2C(=O)N(c3ccc(C#N)cc3)C(=O)[C@H]2ON1c1ccccc1. The molecule has 3 atom stereocenters. The first-order chi connectivity index (χ1) is 15.1. The highest BCUT2D eigenvalue weighted by atomic mass is 16.7. The maximum Gasteiger partial charge on any atom is 0.266 e. The first kappa shape index (κ1) is 19.0. The van der Waals surface area contributed by atoms with Gasteiger partial charge in [-0.3, -0.25) is 14.4 Å². The Hall–Kier alpha value is -3.95. The number of fused-ring (bicyclic) bond motifs is 1. The van der Waals surface area contributed by atoms with Crippen molar-refractivity contribution >= 4 is 23.2 Å². The van der Waals surface area contributed by atoms with E-state index in [1.165, 1.54) is 4.90 Å². The molecule has 0 aromatic heterocycles. The van der Waals surface area contributed by atoms with Crippen LogP contribution >= 0.6 is 0 Å². The summed E-state index contributed by atoms with van der Waals surface area (Å²) >= 11 is 0. The maximum absolute atomic E-state index is 13.6. The second kappa shape index (κ2) is 7.38. The third kappa shape index (κ3) is 2.98. The number of hydrogen-bond donors (Lipinski definition) is 0. The zero-order chi connectivity index (χ0) is 21.5. The number of amides is 2. The normalized spacial score (nSPS) is 22.5. The first-order valence-corrected chi connectivity index (χ1v) is 10.0. The van der Waals surface area contributed by atoms with Gasteiger partial charge in [-0.2, -0.15) is 5.26 Å². The van der Waals surface area contributed by atoms with E-state index >= 15 is 0 Å². The molecule has 5 rings (SSSR count). The van der Waals surface area contributed by atoms with Crippen molar-refractivity contribution in [3.8, 4) is 6.07 Å². The lowest BCUT2D eigenvalue weighted by Crippen LogP contribution is -2.37. The fourth-order valence-electron chi connectivity index (χ4n) is 4.39. The molecular weight excluding hydrogens is 390 g/mol. The Bertz CT molecular complexity index is 1200. The van der Waals surface area contributed by atoms with Crippen molar-refractivity contribution in [2.45, 2.75) is 19.1 Å². The minimum absolute atomic E-state index is 0.300. The molecule has 2 heterocycles. The Morgan fingerprint density at radius 2 is 1.52 bits per heavy atom. The second-order valence-corrected chi connectivity index (χ2v) is 7.69. The number of para-hydroxylation sites is 1. The average Bonchev–Trinajstić information content (AvgIpc) is 3.31. The lowest BCUT2D eigenvalue weighted by atomic mass is 9.88. The van der Waals surface area contributed by atoms with Gasteiger partial charge in [-0.05, 0) is 54.4 Å². The van der Waals surface area contributed by atoms with Crippen molar-refractivity contribution in [2.24, 2.45) is 5.92 Å². The lowest BCUT2D eigenvalue weighted by molar-refractivity contribution is -0.126. The molecule has 0 spiro atoms. The standard InChI is InChI=1S/C25H19N3O3/c1-16-7-5-6-10-20(16)22-21-23(31-28(22)19-8-3-2-4-9-19)25(30)27(24(21)29)18-13-11-17(15-26)12-14-18/h2-14,21-23H,1H3/t21-,22+,23-/m0/s1. The van der Waals surface area contributed by atoms with E-state index in [0.717, 1.165) is 16.8 Å². The number of carbonyl (C=O) groups excluding carboxylic acids is 2. The number of nitriles is 1. The van der Waals surface area contributed by atoms with E-state index in [1.807, 2.05) is 67.6 Å². The van der Waals surface area contributed by atoms with Crippen LogP contribution in [0.2, 0.25) is 0 Å². The molecule has 0 saturated carbocycles. The lowest BCUT2D eigenvalue weighted by Gasteiger charge is -2.29. The summed E-state index contributed by atoms with van der Waals surface area (Å²) in [6, 6.07) is 25.4. The van der Waals surface area contributed by atoms with Gasteiger partial charge in [0.1, 0.15) is 5.92 Å². The van der Waals surface area contributed by atoms with Crippen LogP contribution in [-0.2, 0) is 14.4 Å². The minimum atomic E-state index is -0.909. The molecule has 6 nitrogen and oxygen atoms in total. The number of imide groups is 1. The summed E-state index contributed by atoms with van der Waals surface area (Å²) in [5.41, 5.74) is 3.67. The summed E-state index contributed by atoms with van der Waals surface area (Å²) in [5, 5.41) is 10.7. The molecule has 2 fully saturated rings. The van der Waals surface area contributed by atoms with Gasteiger partial charge in [-0.15, -0.1) is 0 Å². The zero-order valence-corrected chi connectivity index (χ0v) is 16.8. The van der Waals surface area contributed by atoms with Crippen molar-refractivity contribution in [1.82, 2.24) is 0 Å². The topological polar surface area (TPSA) is 73.6 Å². The number of nitrogens with zero attached hydrogens (tertiary/aromatic N) is 3. The van der Waals surface area contributed by atoms with Gasteiger partial charge >= 0.3 is 0 Å². The fraction of sp³-hybridized carbons (Fsp3) is 0.160. The third-order valence-corrected chi connectivity index (χ3v) is 5.89. The number of hydroxylamine groups is 1. The smallest absolute Gasteiger partial charge is 0.266 e. The molecule has 2 saturated heterocycles. The van der Waals surface area contributed by atoms with Gasteiger partial charge < -0.3 is 0 Å². The van der Waals surface area contributed by atoms with Gasteiger partial charge in [0, 0.05) is 0 Å². The molecule has 152 valence electrons. The van der Waals surface area contributed by atoms with Crippen LogP contribution in [0.1, 0.15) is 22.7 Å². The molecule has 0 bridgehead atoms. The predicted molar refractivity (Wildman–Crippen MR) is 115 cm³/mol. The summed E-state index contributed by atoms with van der Waals surface area (Å²) in [7, 11) is 0. The maximum atomic E-state index is 13.6. The van der Waals surface area contributed by atoms with E-state index in [2.05, 4.69) is 0 Å². The molecule has 0 unspecified atom stereocenters. The van der Waals surface area contributed by atoms with Crippen LogP contribution in [0, 0.1) is 24.2 Å². The molecule has 31 heavy (non-hydrogen) atoms. The summed E-state index contributed by atoms with van der Waals surface area (Å²) in [4.78, 5) is 34.2. The summed E-state index contributed by atoms with van der Waals surface area (Å²) in [6.45, 7) is 1.99. The number of hydrogen-bond acceptors (Lipinski definition) is 5. The number of benzene rings is 3. The van der Waals surface area contributed by atoms with Gasteiger partial charge in [-0.25, -0.2) is 9.96 Å². The third-order valence-electron chi connectivity index (χ3n) is 5.89. The van der Waals surface area contributed by atoms with Gasteiger partial charge in [0.15, 0.2) is 6.10 Å². The molecule has 6 heteroatoms. The van der Waals surface area contributed by atoms with Crippen LogP contribution in [0.3, 0.4) is 0 Å². The van der Waals surface area contributed by atoms with Crippen molar-refractivity contribution in [1.29, 1.82) is 5.26 Å². The fourth-order valence-corrected chi connectivity index (χ4v) is 4.39. The van der Waals surface area contributed by atoms with Crippen LogP contribution < -0.4 is 9.96 Å². The van der Waals surface area contributed by atoms with Crippen molar-refractivity contribution < 1.29 is 14.4 Å². The Morgan fingerprint density at radius 1 is 0.839 bits per heavy atom. The van der Waals surface area contributed by atoms with Crippen LogP contribution in [0.5, 0.6) is 0 Å². The van der Waals surface area contributed by atoms with Crippen molar-refractivity contribution in [3.05, 3.63) is 95.6 Å².